The van der Waals surface area contributed by atoms with Crippen LogP contribution in [0.4, 0.5) is 10.1 Å². The average molecular weight is 328 g/mol. The molecule has 2 aromatic carbocycles. The Bertz CT molecular complexity index is 714. The van der Waals surface area contributed by atoms with Crippen LogP contribution in [0.3, 0.4) is 0 Å². The SMILES string of the molecule is CC(=O)N(CCc1ccc(F)cc1)CC(=O)Nc1ccccc1C. The second-order valence-corrected chi connectivity index (χ2v) is 5.68. The number of amides is 2. The average Bonchev–Trinajstić information content (AvgIpc) is 2.55. The van der Waals surface area contributed by atoms with Crippen molar-refractivity contribution in [3.63, 3.8) is 0 Å². The Hall–Kier alpha value is -2.69. The first-order chi connectivity index (χ1) is 11.5. The lowest BCUT2D eigenvalue weighted by Gasteiger charge is -2.21. The number of hydrogen-bond acceptors (Lipinski definition) is 2. The van der Waals surface area contributed by atoms with E-state index in [4.69, 9.17) is 0 Å². The third-order valence-electron chi connectivity index (χ3n) is 3.78. The van der Waals surface area contributed by atoms with E-state index in [0.717, 1.165) is 16.8 Å². The van der Waals surface area contributed by atoms with Crippen molar-refractivity contribution in [1.82, 2.24) is 4.90 Å². The fourth-order valence-corrected chi connectivity index (χ4v) is 2.34. The van der Waals surface area contributed by atoms with Crippen molar-refractivity contribution in [1.29, 1.82) is 0 Å². The molecule has 2 amide bonds. The minimum absolute atomic E-state index is 0.00907. The Balaban J connectivity index is 1.93. The number of hydrogen-bond donors (Lipinski definition) is 1. The highest BCUT2D eigenvalue weighted by Crippen LogP contribution is 2.13. The molecule has 0 aromatic heterocycles. The molecule has 0 spiro atoms. The van der Waals surface area contributed by atoms with Gasteiger partial charge in [0.25, 0.3) is 0 Å². The summed E-state index contributed by atoms with van der Waals surface area (Å²) in [6.07, 6.45) is 0.567. The third-order valence-corrected chi connectivity index (χ3v) is 3.78. The minimum Gasteiger partial charge on any atom is -0.333 e. The number of carbonyl (C=O) groups excluding carboxylic acids is 2. The van der Waals surface area contributed by atoms with Crippen LogP contribution in [0.1, 0.15) is 18.1 Å². The van der Waals surface area contributed by atoms with Crippen LogP contribution in [0.2, 0.25) is 0 Å². The summed E-state index contributed by atoms with van der Waals surface area (Å²) in [5, 5.41) is 2.82. The maximum Gasteiger partial charge on any atom is 0.244 e. The first-order valence-corrected chi connectivity index (χ1v) is 7.81. The molecule has 0 heterocycles. The maximum absolute atomic E-state index is 12.9. The van der Waals surface area contributed by atoms with Gasteiger partial charge in [-0.05, 0) is 42.7 Å². The molecular weight excluding hydrogens is 307 g/mol. The maximum atomic E-state index is 12.9. The monoisotopic (exact) mass is 328 g/mol. The first-order valence-electron chi connectivity index (χ1n) is 7.81. The zero-order chi connectivity index (χ0) is 17.5. The van der Waals surface area contributed by atoms with Crippen LogP contribution in [-0.2, 0) is 16.0 Å². The van der Waals surface area contributed by atoms with Crippen molar-refractivity contribution in [2.45, 2.75) is 20.3 Å². The van der Waals surface area contributed by atoms with Gasteiger partial charge >= 0.3 is 0 Å². The second-order valence-electron chi connectivity index (χ2n) is 5.68. The van der Waals surface area contributed by atoms with Crippen molar-refractivity contribution in [3.05, 3.63) is 65.5 Å². The van der Waals surface area contributed by atoms with Gasteiger partial charge in [0.1, 0.15) is 5.82 Å². The van der Waals surface area contributed by atoms with Crippen molar-refractivity contribution in [3.8, 4) is 0 Å². The molecular formula is C19H21FN2O2. The van der Waals surface area contributed by atoms with Gasteiger partial charge in [-0.2, -0.15) is 0 Å². The number of para-hydroxylation sites is 1. The molecule has 0 aliphatic heterocycles. The first kappa shape index (κ1) is 17.7. The molecule has 0 fully saturated rings. The lowest BCUT2D eigenvalue weighted by atomic mass is 10.1. The number of nitrogens with zero attached hydrogens (tertiary/aromatic N) is 1. The molecule has 0 unspecified atom stereocenters. The van der Waals surface area contributed by atoms with Crippen molar-refractivity contribution >= 4 is 17.5 Å². The van der Waals surface area contributed by atoms with Gasteiger partial charge in [-0.15, -0.1) is 0 Å². The fraction of sp³-hybridized carbons (Fsp3) is 0.263. The van der Waals surface area contributed by atoms with E-state index in [0.29, 0.717) is 13.0 Å². The van der Waals surface area contributed by atoms with Crippen LogP contribution in [-0.4, -0.2) is 29.8 Å². The van der Waals surface area contributed by atoms with Gasteiger partial charge in [0, 0.05) is 19.2 Å². The van der Waals surface area contributed by atoms with Crippen molar-refractivity contribution in [2.24, 2.45) is 0 Å². The van der Waals surface area contributed by atoms with E-state index in [1.807, 2.05) is 31.2 Å². The molecule has 0 bridgehead atoms. The van der Waals surface area contributed by atoms with Gasteiger partial charge in [0.05, 0.1) is 6.54 Å². The van der Waals surface area contributed by atoms with Gasteiger partial charge in [0.15, 0.2) is 0 Å². The van der Waals surface area contributed by atoms with Crippen LogP contribution >= 0.6 is 0 Å². The normalized spacial score (nSPS) is 10.3. The van der Waals surface area contributed by atoms with Crippen molar-refractivity contribution < 1.29 is 14.0 Å². The number of carbonyl (C=O) groups is 2. The Morgan fingerprint density at radius 3 is 2.38 bits per heavy atom. The summed E-state index contributed by atoms with van der Waals surface area (Å²) in [7, 11) is 0. The highest BCUT2D eigenvalue weighted by Gasteiger charge is 2.14. The molecule has 0 aliphatic carbocycles. The van der Waals surface area contributed by atoms with Crippen molar-refractivity contribution in [2.75, 3.05) is 18.4 Å². The van der Waals surface area contributed by atoms with Crippen LogP contribution in [0.15, 0.2) is 48.5 Å². The van der Waals surface area contributed by atoms with E-state index in [9.17, 15) is 14.0 Å². The number of benzene rings is 2. The smallest absolute Gasteiger partial charge is 0.244 e. The molecule has 4 nitrogen and oxygen atoms in total. The quantitative estimate of drug-likeness (QED) is 0.885. The van der Waals surface area contributed by atoms with E-state index < -0.39 is 0 Å². The molecule has 0 saturated heterocycles. The summed E-state index contributed by atoms with van der Waals surface area (Å²) in [6, 6.07) is 13.6. The second kappa shape index (κ2) is 8.24. The summed E-state index contributed by atoms with van der Waals surface area (Å²) in [6.45, 7) is 3.74. The zero-order valence-electron chi connectivity index (χ0n) is 13.9. The molecule has 0 aliphatic rings. The largest absolute Gasteiger partial charge is 0.333 e. The van der Waals surface area contributed by atoms with E-state index in [-0.39, 0.29) is 24.2 Å². The highest BCUT2D eigenvalue weighted by molar-refractivity contribution is 5.94. The Kier molecular flexibility index (Phi) is 6.07. The predicted molar refractivity (Wildman–Crippen MR) is 92.2 cm³/mol. The molecule has 24 heavy (non-hydrogen) atoms. The lowest BCUT2D eigenvalue weighted by Crippen LogP contribution is -2.38. The molecule has 2 aromatic rings. The Morgan fingerprint density at radius 2 is 1.75 bits per heavy atom. The van der Waals surface area contributed by atoms with E-state index in [1.54, 1.807) is 12.1 Å². The zero-order valence-corrected chi connectivity index (χ0v) is 13.9. The molecule has 5 heteroatoms. The number of rotatable bonds is 6. The summed E-state index contributed by atoms with van der Waals surface area (Å²) in [5.41, 5.74) is 2.62. The van der Waals surface area contributed by atoms with Crippen LogP contribution in [0, 0.1) is 12.7 Å². The fourth-order valence-electron chi connectivity index (χ4n) is 2.34. The highest BCUT2D eigenvalue weighted by atomic mass is 19.1. The van der Waals surface area contributed by atoms with Gasteiger partial charge in [-0.3, -0.25) is 9.59 Å². The number of anilines is 1. The Morgan fingerprint density at radius 1 is 1.08 bits per heavy atom. The van der Waals surface area contributed by atoms with E-state index in [2.05, 4.69) is 5.32 Å². The van der Waals surface area contributed by atoms with Gasteiger partial charge in [-0.25, -0.2) is 4.39 Å². The molecule has 126 valence electrons. The lowest BCUT2D eigenvalue weighted by molar-refractivity contribution is -0.132. The Labute approximate surface area is 141 Å². The van der Waals surface area contributed by atoms with Gasteiger partial charge in [0.2, 0.25) is 11.8 Å². The van der Waals surface area contributed by atoms with Gasteiger partial charge in [-0.1, -0.05) is 30.3 Å². The van der Waals surface area contributed by atoms with E-state index >= 15 is 0 Å². The standard InChI is InChI=1S/C19H21FN2O2/c1-14-5-3-4-6-18(14)21-19(24)13-22(15(2)23)12-11-16-7-9-17(20)10-8-16/h3-10H,11-13H2,1-2H3,(H,21,24). The summed E-state index contributed by atoms with van der Waals surface area (Å²) in [5.74, 6) is -0.699. The number of aryl methyl sites for hydroxylation is 1. The number of nitrogens with one attached hydrogen (secondary N) is 1. The van der Waals surface area contributed by atoms with Crippen LogP contribution in [0.25, 0.3) is 0 Å². The summed E-state index contributed by atoms with van der Waals surface area (Å²) < 4.78 is 12.9. The molecule has 0 saturated carbocycles. The van der Waals surface area contributed by atoms with Gasteiger partial charge < -0.3 is 10.2 Å². The molecule has 2 rings (SSSR count). The molecule has 0 radical (unpaired) electrons. The van der Waals surface area contributed by atoms with Crippen LogP contribution < -0.4 is 5.32 Å². The van der Waals surface area contributed by atoms with E-state index in [1.165, 1.54) is 24.0 Å². The predicted octanol–water partition coefficient (Wildman–Crippen LogP) is 3.16. The summed E-state index contributed by atoms with van der Waals surface area (Å²) in [4.78, 5) is 25.4. The third kappa shape index (κ3) is 5.19. The topological polar surface area (TPSA) is 49.4 Å². The number of halogens is 1. The van der Waals surface area contributed by atoms with Crippen LogP contribution in [0.5, 0.6) is 0 Å². The molecule has 1 N–H and O–H groups in total. The molecule has 0 atom stereocenters. The minimum atomic E-state index is -0.292. The summed E-state index contributed by atoms with van der Waals surface area (Å²) >= 11 is 0.